The van der Waals surface area contributed by atoms with Crippen LogP contribution >= 0.6 is 15.9 Å². The second kappa shape index (κ2) is 3.67. The summed E-state index contributed by atoms with van der Waals surface area (Å²) in [5.74, 6) is 1.06. The Bertz CT molecular complexity index is 509. The zero-order valence-corrected chi connectivity index (χ0v) is 10.4. The molecule has 1 N–H and O–H groups in total. The Hall–Kier alpha value is -1.21. The summed E-state index contributed by atoms with van der Waals surface area (Å²) < 4.78 is 4.73. The monoisotopic (exact) mass is 282 g/mol. The van der Waals surface area contributed by atoms with Crippen LogP contribution in [0.15, 0.2) is 10.8 Å². The summed E-state index contributed by atoms with van der Waals surface area (Å²) in [5.41, 5.74) is 2.04. The van der Waals surface area contributed by atoms with E-state index in [1.54, 1.807) is 4.68 Å². The average Bonchev–Trinajstić information content (AvgIpc) is 2.83. The van der Waals surface area contributed by atoms with Crippen molar-refractivity contribution in [3.8, 4) is 11.4 Å². The average molecular weight is 283 g/mol. The molecule has 0 amide bonds. The van der Waals surface area contributed by atoms with Crippen LogP contribution in [0.5, 0.6) is 0 Å². The summed E-state index contributed by atoms with van der Waals surface area (Å²) in [6, 6.07) is 0. The van der Waals surface area contributed by atoms with E-state index < -0.39 is 0 Å². The van der Waals surface area contributed by atoms with Gasteiger partial charge in [-0.2, -0.15) is 0 Å². The second-order valence-corrected chi connectivity index (χ2v) is 4.49. The molecule has 3 heterocycles. The Labute approximate surface area is 101 Å². The fourth-order valence-corrected chi connectivity index (χ4v) is 2.52. The molecule has 7 heteroatoms. The summed E-state index contributed by atoms with van der Waals surface area (Å²) in [6.07, 6.45) is 1.88. The molecule has 0 bridgehead atoms. The topological polar surface area (TPSA) is 60.6 Å². The van der Waals surface area contributed by atoms with Gasteiger partial charge < -0.3 is 9.88 Å². The van der Waals surface area contributed by atoms with Gasteiger partial charge in [0.1, 0.15) is 11.5 Å². The number of nitrogens with one attached hydrogen (secondary N) is 1. The number of imidazole rings is 1. The third-order valence-corrected chi connectivity index (χ3v) is 3.30. The van der Waals surface area contributed by atoms with E-state index in [4.69, 9.17) is 0 Å². The van der Waals surface area contributed by atoms with E-state index >= 15 is 0 Å². The van der Waals surface area contributed by atoms with Crippen LogP contribution < -0.4 is 5.32 Å². The Morgan fingerprint density at radius 1 is 1.50 bits per heavy atom. The molecule has 16 heavy (non-hydrogen) atoms. The maximum absolute atomic E-state index is 4.41. The minimum absolute atomic E-state index is 0.760. The number of hydrogen-bond acceptors (Lipinski definition) is 4. The Morgan fingerprint density at radius 2 is 2.38 bits per heavy atom. The van der Waals surface area contributed by atoms with Crippen LogP contribution in [-0.2, 0) is 20.1 Å². The molecular formula is C9H11BrN6. The standard InChI is InChI=1S/C9H11BrN6/c1-15-8(9(10)13-14-15)6-4-12-7-5-11-2-3-16(6)7/h4,11H,2-3,5H2,1H3. The third kappa shape index (κ3) is 1.39. The lowest BCUT2D eigenvalue weighted by Crippen LogP contribution is -2.28. The van der Waals surface area contributed by atoms with Gasteiger partial charge in [-0.3, -0.25) is 0 Å². The fraction of sp³-hybridized carbons (Fsp3) is 0.444. The van der Waals surface area contributed by atoms with Crippen molar-refractivity contribution in [1.82, 2.24) is 29.9 Å². The molecule has 0 saturated carbocycles. The van der Waals surface area contributed by atoms with Gasteiger partial charge in [0, 0.05) is 20.1 Å². The first-order valence-corrected chi connectivity index (χ1v) is 5.87. The van der Waals surface area contributed by atoms with Gasteiger partial charge in [-0.25, -0.2) is 9.67 Å². The lowest BCUT2D eigenvalue weighted by atomic mass is 10.3. The molecule has 2 aromatic heterocycles. The van der Waals surface area contributed by atoms with Crippen molar-refractivity contribution in [3.63, 3.8) is 0 Å². The summed E-state index contributed by atoms with van der Waals surface area (Å²) in [6.45, 7) is 2.73. The Morgan fingerprint density at radius 3 is 3.12 bits per heavy atom. The van der Waals surface area contributed by atoms with Crippen molar-refractivity contribution >= 4 is 15.9 Å². The molecule has 3 rings (SSSR count). The molecular weight excluding hydrogens is 272 g/mol. The maximum Gasteiger partial charge on any atom is 0.157 e. The van der Waals surface area contributed by atoms with Crippen molar-refractivity contribution in [2.45, 2.75) is 13.1 Å². The summed E-state index contributed by atoms with van der Waals surface area (Å²) in [5, 5.41) is 11.3. The van der Waals surface area contributed by atoms with E-state index in [0.717, 1.165) is 41.4 Å². The van der Waals surface area contributed by atoms with Gasteiger partial charge >= 0.3 is 0 Å². The lowest BCUT2D eigenvalue weighted by molar-refractivity contribution is 0.507. The zero-order valence-electron chi connectivity index (χ0n) is 8.81. The first-order valence-electron chi connectivity index (χ1n) is 5.08. The summed E-state index contributed by atoms with van der Waals surface area (Å²) >= 11 is 3.42. The quantitative estimate of drug-likeness (QED) is 0.830. The Kier molecular flexibility index (Phi) is 2.29. The summed E-state index contributed by atoms with van der Waals surface area (Å²) in [7, 11) is 1.88. The number of halogens is 1. The molecule has 0 aliphatic carbocycles. The van der Waals surface area contributed by atoms with Crippen LogP contribution in [0, 0.1) is 0 Å². The molecule has 1 aliphatic heterocycles. The lowest BCUT2D eigenvalue weighted by Gasteiger charge is -2.17. The first kappa shape index (κ1) is 9.98. The van der Waals surface area contributed by atoms with Crippen LogP contribution in [-0.4, -0.2) is 31.1 Å². The molecule has 84 valence electrons. The highest BCUT2D eigenvalue weighted by Crippen LogP contribution is 2.27. The predicted molar refractivity (Wildman–Crippen MR) is 61.6 cm³/mol. The summed E-state index contributed by atoms with van der Waals surface area (Å²) in [4.78, 5) is 4.41. The Balaban J connectivity index is 2.17. The van der Waals surface area contributed by atoms with Gasteiger partial charge in [0.2, 0.25) is 0 Å². The van der Waals surface area contributed by atoms with E-state index in [1.807, 2.05) is 13.2 Å². The number of aromatic nitrogens is 5. The van der Waals surface area contributed by atoms with Crippen LogP contribution in [0.25, 0.3) is 11.4 Å². The SMILES string of the molecule is Cn1nnc(Br)c1-c1cnc2n1CCNC2. The van der Waals surface area contributed by atoms with Gasteiger partial charge in [-0.15, -0.1) is 5.10 Å². The number of nitrogens with zero attached hydrogens (tertiary/aromatic N) is 5. The molecule has 0 radical (unpaired) electrons. The first-order chi connectivity index (χ1) is 7.77. The molecule has 0 aromatic carbocycles. The van der Waals surface area contributed by atoms with E-state index in [1.165, 1.54) is 0 Å². The second-order valence-electron chi connectivity index (χ2n) is 3.74. The highest BCUT2D eigenvalue weighted by molar-refractivity contribution is 9.10. The fourth-order valence-electron chi connectivity index (χ4n) is 1.99. The smallest absolute Gasteiger partial charge is 0.157 e. The van der Waals surface area contributed by atoms with Crippen molar-refractivity contribution in [1.29, 1.82) is 0 Å². The van der Waals surface area contributed by atoms with Gasteiger partial charge in [0.05, 0.1) is 18.4 Å². The number of aryl methyl sites for hydroxylation is 1. The van der Waals surface area contributed by atoms with Crippen LogP contribution in [0.4, 0.5) is 0 Å². The van der Waals surface area contributed by atoms with E-state index in [-0.39, 0.29) is 0 Å². The number of hydrogen-bond donors (Lipinski definition) is 1. The van der Waals surface area contributed by atoms with Crippen LogP contribution in [0.2, 0.25) is 0 Å². The highest BCUT2D eigenvalue weighted by Gasteiger charge is 2.19. The van der Waals surface area contributed by atoms with Crippen LogP contribution in [0.3, 0.4) is 0 Å². The molecule has 0 saturated heterocycles. The van der Waals surface area contributed by atoms with Crippen molar-refractivity contribution < 1.29 is 0 Å². The normalized spacial score (nSPS) is 15.1. The number of rotatable bonds is 1. The van der Waals surface area contributed by atoms with Gasteiger partial charge in [-0.1, -0.05) is 5.21 Å². The third-order valence-electron chi connectivity index (χ3n) is 2.76. The van der Waals surface area contributed by atoms with Crippen LogP contribution in [0.1, 0.15) is 5.82 Å². The van der Waals surface area contributed by atoms with Crippen molar-refractivity contribution in [3.05, 3.63) is 16.6 Å². The number of fused-ring (bicyclic) bond motifs is 1. The van der Waals surface area contributed by atoms with Crippen molar-refractivity contribution in [2.24, 2.45) is 7.05 Å². The highest BCUT2D eigenvalue weighted by atomic mass is 79.9. The molecule has 2 aromatic rings. The molecule has 0 spiro atoms. The minimum atomic E-state index is 0.760. The van der Waals surface area contributed by atoms with Gasteiger partial charge in [0.15, 0.2) is 4.60 Å². The maximum atomic E-state index is 4.41. The van der Waals surface area contributed by atoms with E-state index in [9.17, 15) is 0 Å². The van der Waals surface area contributed by atoms with Crippen molar-refractivity contribution in [2.75, 3.05) is 6.54 Å². The molecule has 0 unspecified atom stereocenters. The molecule has 0 fully saturated rings. The molecule has 6 nitrogen and oxygen atoms in total. The van der Waals surface area contributed by atoms with Gasteiger partial charge in [-0.05, 0) is 15.9 Å². The van der Waals surface area contributed by atoms with E-state index in [0.29, 0.717) is 0 Å². The predicted octanol–water partition coefficient (Wildman–Crippen LogP) is 0.544. The largest absolute Gasteiger partial charge is 0.324 e. The van der Waals surface area contributed by atoms with Gasteiger partial charge in [0.25, 0.3) is 0 Å². The van der Waals surface area contributed by atoms with E-state index in [2.05, 4.69) is 41.1 Å². The zero-order chi connectivity index (χ0) is 11.1. The molecule has 1 aliphatic rings. The molecule has 0 atom stereocenters. The minimum Gasteiger partial charge on any atom is -0.324 e.